The molecular formula is C24H32N2O3. The molecule has 0 bridgehead atoms. The summed E-state index contributed by atoms with van der Waals surface area (Å²) in [6.45, 7) is 9.08. The lowest BCUT2D eigenvalue weighted by molar-refractivity contribution is -0.143. The zero-order chi connectivity index (χ0) is 21.0. The summed E-state index contributed by atoms with van der Waals surface area (Å²) in [4.78, 5) is 29.7. The van der Waals surface area contributed by atoms with Crippen LogP contribution in [0, 0.1) is 12.3 Å². The predicted molar refractivity (Wildman–Crippen MR) is 113 cm³/mol. The van der Waals surface area contributed by atoms with Crippen molar-refractivity contribution in [3.63, 3.8) is 0 Å². The van der Waals surface area contributed by atoms with E-state index in [9.17, 15) is 9.59 Å². The van der Waals surface area contributed by atoms with E-state index in [1.165, 1.54) is 0 Å². The monoisotopic (exact) mass is 396 g/mol. The number of nitrogens with zero attached hydrogens (tertiary/aromatic N) is 2. The van der Waals surface area contributed by atoms with E-state index in [4.69, 9.17) is 4.42 Å². The average molecular weight is 397 g/mol. The fourth-order valence-electron chi connectivity index (χ4n) is 3.40. The highest BCUT2D eigenvalue weighted by atomic mass is 16.3. The van der Waals surface area contributed by atoms with Crippen LogP contribution in [0.5, 0.6) is 0 Å². The molecule has 0 spiro atoms. The zero-order valence-electron chi connectivity index (χ0n) is 18.0. The maximum Gasteiger partial charge on any atom is 0.242 e. The average Bonchev–Trinajstić information content (AvgIpc) is 3.40. The van der Waals surface area contributed by atoms with Gasteiger partial charge in [-0.3, -0.25) is 9.59 Å². The van der Waals surface area contributed by atoms with Crippen LogP contribution < -0.4 is 0 Å². The maximum atomic E-state index is 13.3. The highest BCUT2D eigenvalue weighted by Crippen LogP contribution is 2.30. The smallest absolute Gasteiger partial charge is 0.242 e. The van der Waals surface area contributed by atoms with Crippen molar-refractivity contribution < 1.29 is 14.0 Å². The van der Waals surface area contributed by atoms with Gasteiger partial charge in [0, 0.05) is 19.0 Å². The molecule has 0 radical (unpaired) electrons. The topological polar surface area (TPSA) is 53.8 Å². The van der Waals surface area contributed by atoms with Crippen LogP contribution in [0.3, 0.4) is 0 Å². The van der Waals surface area contributed by atoms with Gasteiger partial charge in [-0.2, -0.15) is 0 Å². The van der Waals surface area contributed by atoms with Gasteiger partial charge >= 0.3 is 0 Å². The van der Waals surface area contributed by atoms with Gasteiger partial charge in [0.05, 0.1) is 6.54 Å². The van der Waals surface area contributed by atoms with Gasteiger partial charge < -0.3 is 14.2 Å². The Morgan fingerprint density at radius 1 is 1.00 bits per heavy atom. The summed E-state index contributed by atoms with van der Waals surface area (Å²) in [5, 5.41) is 0. The van der Waals surface area contributed by atoms with Crippen molar-refractivity contribution in [2.75, 3.05) is 6.54 Å². The van der Waals surface area contributed by atoms with Gasteiger partial charge in [-0.25, -0.2) is 0 Å². The second kappa shape index (κ2) is 8.85. The first-order valence-electron chi connectivity index (χ1n) is 10.4. The van der Waals surface area contributed by atoms with Crippen LogP contribution in [0.15, 0.2) is 46.9 Å². The number of carbonyl (C=O) groups is 2. The van der Waals surface area contributed by atoms with Crippen molar-refractivity contribution in [2.24, 2.45) is 5.41 Å². The number of hydrogen-bond acceptors (Lipinski definition) is 3. The van der Waals surface area contributed by atoms with E-state index in [1.807, 2.05) is 49.4 Å². The number of aryl methyl sites for hydroxylation is 1. The van der Waals surface area contributed by atoms with Gasteiger partial charge in [0.2, 0.25) is 11.8 Å². The standard InChI is InChI=1S/C24H32N2O3/c1-18-10-13-21(29-18)16-25(15-19-8-6-5-7-9-19)23(28)17-26(20-11-12-20)22(27)14-24(2,3)4/h5-10,13,20H,11-12,14-17H2,1-4H3. The minimum atomic E-state index is -0.0946. The number of amides is 2. The van der Waals surface area contributed by atoms with Crippen LogP contribution in [0.2, 0.25) is 0 Å². The Balaban J connectivity index is 1.74. The van der Waals surface area contributed by atoms with Gasteiger partial charge in [0.15, 0.2) is 0 Å². The van der Waals surface area contributed by atoms with E-state index < -0.39 is 0 Å². The highest BCUT2D eigenvalue weighted by Gasteiger charge is 2.36. The number of hydrogen-bond donors (Lipinski definition) is 0. The Hall–Kier alpha value is -2.56. The zero-order valence-corrected chi connectivity index (χ0v) is 18.0. The molecule has 29 heavy (non-hydrogen) atoms. The molecule has 1 aromatic heterocycles. The van der Waals surface area contributed by atoms with E-state index in [1.54, 1.807) is 9.80 Å². The molecule has 0 aliphatic heterocycles. The summed E-state index contributed by atoms with van der Waals surface area (Å²) >= 11 is 0. The van der Waals surface area contributed by atoms with Gasteiger partial charge in [0.25, 0.3) is 0 Å². The summed E-state index contributed by atoms with van der Waals surface area (Å²) in [6.07, 6.45) is 2.42. The summed E-state index contributed by atoms with van der Waals surface area (Å²) < 4.78 is 5.71. The third kappa shape index (κ3) is 6.48. The highest BCUT2D eigenvalue weighted by molar-refractivity contribution is 5.85. The molecule has 0 N–H and O–H groups in total. The second-order valence-electron chi connectivity index (χ2n) is 9.24. The molecule has 156 valence electrons. The lowest BCUT2D eigenvalue weighted by Crippen LogP contribution is -2.44. The Morgan fingerprint density at radius 2 is 1.69 bits per heavy atom. The molecule has 5 heteroatoms. The molecule has 1 saturated carbocycles. The number of furan rings is 1. The molecule has 2 aromatic rings. The molecule has 1 aromatic carbocycles. The van der Waals surface area contributed by atoms with Crippen LogP contribution in [0.1, 0.15) is 57.1 Å². The lowest BCUT2D eigenvalue weighted by Gasteiger charge is -2.29. The third-order valence-corrected chi connectivity index (χ3v) is 5.01. The fourth-order valence-corrected chi connectivity index (χ4v) is 3.40. The molecule has 1 heterocycles. The molecule has 1 aliphatic rings. The van der Waals surface area contributed by atoms with Crippen LogP contribution in [0.4, 0.5) is 0 Å². The Labute approximate surface area is 173 Å². The van der Waals surface area contributed by atoms with Crippen molar-refractivity contribution >= 4 is 11.8 Å². The number of rotatable bonds is 8. The summed E-state index contributed by atoms with van der Waals surface area (Å²) in [5.41, 5.74) is 0.964. The van der Waals surface area contributed by atoms with E-state index in [2.05, 4.69) is 20.8 Å². The fraction of sp³-hybridized carbons (Fsp3) is 0.500. The summed E-state index contributed by atoms with van der Waals surface area (Å²) in [7, 11) is 0. The van der Waals surface area contributed by atoms with E-state index in [0.29, 0.717) is 19.5 Å². The van der Waals surface area contributed by atoms with Gasteiger partial charge in [-0.15, -0.1) is 0 Å². The number of benzene rings is 1. The molecular weight excluding hydrogens is 364 g/mol. The molecule has 1 fully saturated rings. The molecule has 5 nitrogen and oxygen atoms in total. The lowest BCUT2D eigenvalue weighted by atomic mass is 9.91. The summed E-state index contributed by atoms with van der Waals surface area (Å²) in [5.74, 6) is 1.61. The van der Waals surface area contributed by atoms with Crippen LogP contribution >= 0.6 is 0 Å². The van der Waals surface area contributed by atoms with Crippen molar-refractivity contribution in [2.45, 2.75) is 66.1 Å². The normalized spacial score (nSPS) is 13.9. The minimum absolute atomic E-state index is 0.0444. The van der Waals surface area contributed by atoms with Crippen LogP contribution in [0.25, 0.3) is 0 Å². The van der Waals surface area contributed by atoms with Crippen molar-refractivity contribution in [1.82, 2.24) is 9.80 Å². The largest absolute Gasteiger partial charge is 0.464 e. The van der Waals surface area contributed by atoms with Crippen LogP contribution in [-0.2, 0) is 22.7 Å². The van der Waals surface area contributed by atoms with Crippen molar-refractivity contribution in [3.05, 3.63) is 59.5 Å². The van der Waals surface area contributed by atoms with E-state index >= 15 is 0 Å². The van der Waals surface area contributed by atoms with Crippen molar-refractivity contribution in [3.8, 4) is 0 Å². The molecule has 3 rings (SSSR count). The van der Waals surface area contributed by atoms with Gasteiger partial charge in [-0.05, 0) is 42.9 Å². The summed E-state index contributed by atoms with van der Waals surface area (Å²) in [6, 6.07) is 13.9. The Bertz CT molecular complexity index is 831. The van der Waals surface area contributed by atoms with Crippen LogP contribution in [-0.4, -0.2) is 34.2 Å². The molecule has 0 atom stereocenters. The first-order chi connectivity index (χ1) is 13.7. The van der Waals surface area contributed by atoms with Crippen molar-refractivity contribution in [1.29, 1.82) is 0 Å². The Morgan fingerprint density at radius 3 is 2.24 bits per heavy atom. The Kier molecular flexibility index (Phi) is 6.46. The first-order valence-corrected chi connectivity index (χ1v) is 10.4. The third-order valence-electron chi connectivity index (χ3n) is 5.01. The minimum Gasteiger partial charge on any atom is -0.464 e. The maximum absolute atomic E-state index is 13.3. The molecule has 0 unspecified atom stereocenters. The first kappa shape index (κ1) is 21.2. The number of carbonyl (C=O) groups excluding carboxylic acids is 2. The van der Waals surface area contributed by atoms with E-state index in [-0.39, 0.29) is 29.8 Å². The molecule has 2 amide bonds. The van der Waals surface area contributed by atoms with Gasteiger partial charge in [-0.1, -0.05) is 51.1 Å². The van der Waals surface area contributed by atoms with E-state index in [0.717, 1.165) is 29.9 Å². The SMILES string of the molecule is Cc1ccc(CN(Cc2ccccc2)C(=O)CN(C(=O)CC(C)(C)C)C2CC2)o1. The predicted octanol–water partition coefficient (Wildman–Crippen LogP) is 4.54. The quantitative estimate of drug-likeness (QED) is 0.658. The molecule has 0 saturated heterocycles. The molecule has 1 aliphatic carbocycles. The van der Waals surface area contributed by atoms with Gasteiger partial charge in [0.1, 0.15) is 18.1 Å². The second-order valence-corrected chi connectivity index (χ2v) is 9.24.